The van der Waals surface area contributed by atoms with Crippen LogP contribution in [0.5, 0.6) is 0 Å². The van der Waals surface area contributed by atoms with Crippen molar-refractivity contribution in [2.75, 3.05) is 5.32 Å². The van der Waals surface area contributed by atoms with E-state index in [0.29, 0.717) is 16.2 Å². The van der Waals surface area contributed by atoms with Gasteiger partial charge in [0.2, 0.25) is 5.91 Å². The van der Waals surface area contributed by atoms with E-state index < -0.39 is 0 Å². The molecule has 0 aliphatic carbocycles. The molecule has 0 atom stereocenters. The summed E-state index contributed by atoms with van der Waals surface area (Å²) in [6.07, 6.45) is 0.899. The molecule has 1 heterocycles. The molecule has 78 valence electrons. The first-order valence-corrected chi connectivity index (χ1v) is 5.61. The van der Waals surface area contributed by atoms with E-state index in [1.54, 1.807) is 0 Å². The van der Waals surface area contributed by atoms with Crippen molar-refractivity contribution in [1.82, 2.24) is 4.98 Å². The number of rotatable bonds is 3. The zero-order valence-electron chi connectivity index (χ0n) is 8.43. The maximum atomic E-state index is 10.8. The number of anilines is 1. The van der Waals surface area contributed by atoms with Gasteiger partial charge in [0, 0.05) is 11.8 Å². The molecule has 0 aliphatic heterocycles. The van der Waals surface area contributed by atoms with E-state index in [1.807, 2.05) is 0 Å². The normalized spacial score (nSPS) is 10.6. The summed E-state index contributed by atoms with van der Waals surface area (Å²) in [5, 5.41) is 3.71. The third-order valence-electron chi connectivity index (χ3n) is 1.53. The molecular weight excluding hydrogens is 220 g/mol. The van der Waals surface area contributed by atoms with E-state index in [9.17, 15) is 4.79 Å². The summed E-state index contributed by atoms with van der Waals surface area (Å²) in [4.78, 5) is 15.9. The van der Waals surface area contributed by atoms with Gasteiger partial charge in [0.15, 0.2) is 5.13 Å². The summed E-state index contributed by atoms with van der Waals surface area (Å²) in [5.41, 5.74) is 0. The first-order chi connectivity index (χ1) is 6.49. The van der Waals surface area contributed by atoms with Gasteiger partial charge >= 0.3 is 0 Å². The fourth-order valence-corrected chi connectivity index (χ4v) is 2.47. The number of thiazole rings is 1. The van der Waals surface area contributed by atoms with E-state index in [4.69, 9.17) is 11.6 Å². The number of nitrogens with zero attached hydrogens (tertiary/aromatic N) is 1. The van der Waals surface area contributed by atoms with Crippen molar-refractivity contribution >= 4 is 34.0 Å². The number of carbonyl (C=O) groups excluding carboxylic acids is 1. The molecule has 0 radical (unpaired) electrons. The van der Waals surface area contributed by atoms with Crippen LogP contribution in [0.1, 0.15) is 25.6 Å². The van der Waals surface area contributed by atoms with E-state index >= 15 is 0 Å². The Morgan fingerprint density at radius 3 is 2.79 bits per heavy atom. The summed E-state index contributed by atoms with van der Waals surface area (Å²) >= 11 is 7.36. The van der Waals surface area contributed by atoms with E-state index in [2.05, 4.69) is 24.1 Å². The predicted octanol–water partition coefficient (Wildman–Crippen LogP) is 2.95. The summed E-state index contributed by atoms with van der Waals surface area (Å²) < 4.78 is 0. The topological polar surface area (TPSA) is 42.0 Å². The first-order valence-electron chi connectivity index (χ1n) is 4.42. The van der Waals surface area contributed by atoms with Crippen LogP contribution in [0.3, 0.4) is 0 Å². The van der Waals surface area contributed by atoms with Crippen molar-refractivity contribution in [3.8, 4) is 0 Å². The summed E-state index contributed by atoms with van der Waals surface area (Å²) in [6, 6.07) is 0. The number of nitrogens with one attached hydrogen (secondary N) is 1. The third kappa shape index (κ3) is 3.27. The van der Waals surface area contributed by atoms with Gasteiger partial charge in [-0.25, -0.2) is 4.98 Å². The molecule has 0 spiro atoms. The second-order valence-electron chi connectivity index (χ2n) is 3.51. The summed E-state index contributed by atoms with van der Waals surface area (Å²) in [7, 11) is 0. The van der Waals surface area contributed by atoms with Crippen molar-refractivity contribution in [3.63, 3.8) is 0 Å². The van der Waals surface area contributed by atoms with Gasteiger partial charge in [-0.05, 0) is 12.3 Å². The molecule has 0 aromatic carbocycles. The average molecular weight is 233 g/mol. The van der Waals surface area contributed by atoms with Crippen molar-refractivity contribution < 1.29 is 4.79 Å². The van der Waals surface area contributed by atoms with Gasteiger partial charge in [0.25, 0.3) is 0 Å². The smallest absolute Gasteiger partial charge is 0.223 e. The third-order valence-corrected chi connectivity index (χ3v) is 2.94. The van der Waals surface area contributed by atoms with Gasteiger partial charge in [0.1, 0.15) is 5.15 Å². The van der Waals surface area contributed by atoms with Crippen LogP contribution in [0.15, 0.2) is 0 Å². The maximum absolute atomic E-state index is 10.8. The second kappa shape index (κ2) is 4.75. The van der Waals surface area contributed by atoms with E-state index in [1.165, 1.54) is 18.3 Å². The molecule has 1 aromatic heterocycles. The molecule has 0 aliphatic rings. The molecule has 3 nitrogen and oxygen atoms in total. The van der Waals surface area contributed by atoms with Crippen LogP contribution in [0.25, 0.3) is 0 Å². The molecule has 1 N–H and O–H groups in total. The lowest BCUT2D eigenvalue weighted by atomic mass is 10.1. The zero-order chi connectivity index (χ0) is 10.7. The number of halogens is 1. The molecule has 5 heteroatoms. The number of amides is 1. The van der Waals surface area contributed by atoms with Gasteiger partial charge in [-0.1, -0.05) is 25.4 Å². The monoisotopic (exact) mass is 232 g/mol. The highest BCUT2D eigenvalue weighted by atomic mass is 35.5. The predicted molar refractivity (Wildman–Crippen MR) is 60.0 cm³/mol. The highest BCUT2D eigenvalue weighted by Crippen LogP contribution is 2.28. The Hall–Kier alpha value is -0.610. The Bertz CT molecular complexity index is 336. The Kier molecular flexibility index (Phi) is 3.89. The van der Waals surface area contributed by atoms with Crippen molar-refractivity contribution in [3.05, 3.63) is 10.0 Å². The van der Waals surface area contributed by atoms with Crippen molar-refractivity contribution in [2.24, 2.45) is 5.92 Å². The van der Waals surface area contributed by atoms with Gasteiger partial charge in [-0.15, -0.1) is 11.3 Å². The average Bonchev–Trinajstić information content (AvgIpc) is 2.28. The fraction of sp³-hybridized carbons (Fsp3) is 0.556. The molecule has 1 aromatic rings. The van der Waals surface area contributed by atoms with Crippen LogP contribution in [0.2, 0.25) is 5.15 Å². The van der Waals surface area contributed by atoms with Gasteiger partial charge < -0.3 is 5.32 Å². The zero-order valence-corrected chi connectivity index (χ0v) is 10.00. The minimum atomic E-state index is -0.119. The molecule has 1 amide bonds. The quantitative estimate of drug-likeness (QED) is 0.871. The lowest BCUT2D eigenvalue weighted by molar-refractivity contribution is -0.114. The maximum Gasteiger partial charge on any atom is 0.223 e. The number of carbonyl (C=O) groups is 1. The SMILES string of the molecule is CC(=O)Nc1nc(Cl)c(CC(C)C)s1. The largest absolute Gasteiger partial charge is 0.302 e. The van der Waals surface area contributed by atoms with Crippen molar-refractivity contribution in [1.29, 1.82) is 0 Å². The van der Waals surface area contributed by atoms with Crippen LogP contribution < -0.4 is 5.32 Å². The molecule has 0 saturated heterocycles. The van der Waals surface area contributed by atoms with Crippen molar-refractivity contribution in [2.45, 2.75) is 27.2 Å². The first kappa shape index (κ1) is 11.5. The van der Waals surface area contributed by atoms with Crippen LogP contribution in [-0.4, -0.2) is 10.9 Å². The lowest BCUT2D eigenvalue weighted by Gasteiger charge is -1.99. The van der Waals surface area contributed by atoms with Crippen LogP contribution in [-0.2, 0) is 11.2 Å². The number of hydrogen-bond acceptors (Lipinski definition) is 3. The second-order valence-corrected chi connectivity index (χ2v) is 4.95. The standard InChI is InChI=1S/C9H13ClN2OS/c1-5(2)4-7-8(10)12-9(14-7)11-6(3)13/h5H,4H2,1-3H3,(H,11,12,13). The highest BCUT2D eigenvalue weighted by molar-refractivity contribution is 7.16. The lowest BCUT2D eigenvalue weighted by Crippen LogP contribution is -2.04. The minimum absolute atomic E-state index is 0.119. The van der Waals surface area contributed by atoms with Crippen LogP contribution in [0, 0.1) is 5.92 Å². The Morgan fingerprint density at radius 1 is 1.64 bits per heavy atom. The summed E-state index contributed by atoms with van der Waals surface area (Å²) in [5.74, 6) is 0.421. The molecule has 0 fully saturated rings. The van der Waals surface area contributed by atoms with E-state index in [0.717, 1.165) is 11.3 Å². The van der Waals surface area contributed by atoms with E-state index in [-0.39, 0.29) is 5.91 Å². The Balaban J connectivity index is 2.76. The van der Waals surface area contributed by atoms with Gasteiger partial charge in [0.05, 0.1) is 0 Å². The Morgan fingerprint density at radius 2 is 2.29 bits per heavy atom. The highest BCUT2D eigenvalue weighted by Gasteiger charge is 2.11. The fourth-order valence-electron chi connectivity index (χ4n) is 1.03. The molecule has 0 bridgehead atoms. The number of aromatic nitrogens is 1. The molecule has 0 unspecified atom stereocenters. The molecule has 0 saturated carbocycles. The van der Waals surface area contributed by atoms with Gasteiger partial charge in [-0.3, -0.25) is 4.79 Å². The minimum Gasteiger partial charge on any atom is -0.302 e. The molecule has 1 rings (SSSR count). The summed E-state index contributed by atoms with van der Waals surface area (Å²) in [6.45, 7) is 5.69. The number of hydrogen-bond donors (Lipinski definition) is 1. The molecular formula is C9H13ClN2OS. The Labute approximate surface area is 92.5 Å². The van der Waals surface area contributed by atoms with Gasteiger partial charge in [-0.2, -0.15) is 0 Å². The van der Waals surface area contributed by atoms with Crippen LogP contribution in [0.4, 0.5) is 5.13 Å². The molecule has 14 heavy (non-hydrogen) atoms. The van der Waals surface area contributed by atoms with Crippen LogP contribution >= 0.6 is 22.9 Å².